The Labute approximate surface area is 139 Å². The predicted molar refractivity (Wildman–Crippen MR) is 92.5 cm³/mol. The summed E-state index contributed by atoms with van der Waals surface area (Å²) in [4.78, 5) is 6.89. The largest absolute Gasteiger partial charge is 0.382 e. The third-order valence-electron chi connectivity index (χ3n) is 4.10. The summed E-state index contributed by atoms with van der Waals surface area (Å²) in [5.74, 6) is 0. The third kappa shape index (κ3) is 3.59. The number of hydrogen-bond donors (Lipinski definition) is 0. The number of anilines is 1. The first-order valence-corrected chi connectivity index (χ1v) is 8.47. The quantitative estimate of drug-likeness (QED) is 0.758. The molecule has 0 radical (unpaired) electrons. The first-order valence-electron chi connectivity index (χ1n) is 7.67. The second-order valence-electron chi connectivity index (χ2n) is 5.54. The normalized spacial score (nSPS) is 16.4. The number of fused-ring (bicyclic) bond motifs is 1. The van der Waals surface area contributed by atoms with Crippen molar-refractivity contribution < 1.29 is 9.47 Å². The lowest BCUT2D eigenvalue weighted by atomic mass is 10.1. The van der Waals surface area contributed by atoms with Crippen molar-refractivity contribution in [2.45, 2.75) is 18.9 Å². The lowest BCUT2D eigenvalue weighted by Crippen LogP contribution is -2.37. The highest BCUT2D eigenvalue weighted by Crippen LogP contribution is 2.30. The molecule has 2 aromatic rings. The maximum atomic E-state index is 5.84. The zero-order valence-electron chi connectivity index (χ0n) is 12.8. The summed E-state index contributed by atoms with van der Waals surface area (Å²) in [5, 5.41) is 1.20. The fourth-order valence-corrected chi connectivity index (χ4v) is 3.30. The van der Waals surface area contributed by atoms with Crippen LogP contribution in [0, 0.1) is 0 Å². The van der Waals surface area contributed by atoms with E-state index in [0.717, 1.165) is 35.9 Å². The van der Waals surface area contributed by atoms with Crippen LogP contribution in [0.15, 0.2) is 34.9 Å². The summed E-state index contributed by atoms with van der Waals surface area (Å²) in [7, 11) is 1.71. The number of methoxy groups -OCH3 is 1. The van der Waals surface area contributed by atoms with E-state index in [9.17, 15) is 0 Å². The van der Waals surface area contributed by atoms with Crippen molar-refractivity contribution >= 4 is 32.5 Å². The first kappa shape index (κ1) is 15.7. The number of nitrogens with zero attached hydrogens (tertiary/aromatic N) is 2. The summed E-state index contributed by atoms with van der Waals surface area (Å²) in [6, 6.07) is 8.36. The first-order chi connectivity index (χ1) is 10.8. The summed E-state index contributed by atoms with van der Waals surface area (Å²) >= 11 is 3.56. The number of rotatable bonds is 5. The van der Waals surface area contributed by atoms with Crippen LogP contribution in [-0.2, 0) is 9.47 Å². The van der Waals surface area contributed by atoms with Gasteiger partial charge in [0.15, 0.2) is 0 Å². The molecule has 0 bridgehead atoms. The van der Waals surface area contributed by atoms with Gasteiger partial charge < -0.3 is 14.4 Å². The van der Waals surface area contributed by atoms with Gasteiger partial charge in [-0.1, -0.05) is 15.9 Å². The average molecular weight is 365 g/mol. The number of halogens is 1. The van der Waals surface area contributed by atoms with E-state index in [0.29, 0.717) is 19.3 Å². The molecule has 2 heterocycles. The van der Waals surface area contributed by atoms with Crippen LogP contribution in [0.1, 0.15) is 12.8 Å². The van der Waals surface area contributed by atoms with Crippen molar-refractivity contribution in [1.29, 1.82) is 0 Å². The highest BCUT2D eigenvalue weighted by molar-refractivity contribution is 9.10. The molecule has 0 N–H and O–H groups in total. The molecule has 0 amide bonds. The van der Waals surface area contributed by atoms with Crippen LogP contribution in [0.4, 0.5) is 5.69 Å². The molecule has 0 aliphatic carbocycles. The van der Waals surface area contributed by atoms with Gasteiger partial charge in [0, 0.05) is 41.9 Å². The zero-order valence-corrected chi connectivity index (χ0v) is 14.4. The van der Waals surface area contributed by atoms with E-state index in [4.69, 9.17) is 9.47 Å². The molecule has 0 spiro atoms. The van der Waals surface area contributed by atoms with Gasteiger partial charge in [0.25, 0.3) is 0 Å². The standard InChI is InChI=1S/C17H21BrN2O2/c1-21-10-11-22-14-5-8-20(9-6-14)17-4-7-19-16-3-2-13(18)12-15(16)17/h2-4,7,12,14H,5-6,8-11H2,1H3. The molecule has 5 heteroatoms. The van der Waals surface area contributed by atoms with E-state index in [2.05, 4.69) is 44.0 Å². The van der Waals surface area contributed by atoms with E-state index < -0.39 is 0 Å². The molecule has 1 aliphatic rings. The van der Waals surface area contributed by atoms with Crippen molar-refractivity contribution in [2.24, 2.45) is 0 Å². The maximum Gasteiger partial charge on any atom is 0.0723 e. The molecule has 22 heavy (non-hydrogen) atoms. The molecule has 1 aromatic heterocycles. The molecule has 0 unspecified atom stereocenters. The van der Waals surface area contributed by atoms with Gasteiger partial charge >= 0.3 is 0 Å². The van der Waals surface area contributed by atoms with E-state index in [1.54, 1.807) is 7.11 Å². The molecular weight excluding hydrogens is 344 g/mol. The Morgan fingerprint density at radius 3 is 2.82 bits per heavy atom. The van der Waals surface area contributed by atoms with Crippen molar-refractivity contribution in [3.8, 4) is 0 Å². The third-order valence-corrected chi connectivity index (χ3v) is 4.60. The Balaban J connectivity index is 1.70. The SMILES string of the molecule is COCCOC1CCN(c2ccnc3ccc(Br)cc23)CC1. The Kier molecular flexibility index (Phi) is 5.28. The highest BCUT2D eigenvalue weighted by Gasteiger charge is 2.21. The molecule has 0 atom stereocenters. The molecule has 4 nitrogen and oxygen atoms in total. The second kappa shape index (κ2) is 7.40. The lowest BCUT2D eigenvalue weighted by Gasteiger charge is -2.34. The molecule has 1 fully saturated rings. The molecular formula is C17H21BrN2O2. The Morgan fingerprint density at radius 2 is 2.05 bits per heavy atom. The van der Waals surface area contributed by atoms with Crippen LogP contribution in [-0.4, -0.2) is 44.5 Å². The fraction of sp³-hybridized carbons (Fsp3) is 0.471. The Hall–Kier alpha value is -1.17. The van der Waals surface area contributed by atoms with Gasteiger partial charge in [-0.3, -0.25) is 4.98 Å². The maximum absolute atomic E-state index is 5.84. The second-order valence-corrected chi connectivity index (χ2v) is 6.46. The van der Waals surface area contributed by atoms with Crippen LogP contribution < -0.4 is 4.90 Å². The number of hydrogen-bond acceptors (Lipinski definition) is 4. The number of pyridine rings is 1. The van der Waals surface area contributed by atoms with Gasteiger partial charge in [0.05, 0.1) is 24.8 Å². The van der Waals surface area contributed by atoms with Crippen molar-refractivity contribution in [3.63, 3.8) is 0 Å². The van der Waals surface area contributed by atoms with Crippen LogP contribution >= 0.6 is 15.9 Å². The highest BCUT2D eigenvalue weighted by atomic mass is 79.9. The molecule has 0 saturated carbocycles. The lowest BCUT2D eigenvalue weighted by molar-refractivity contribution is 0.00612. The van der Waals surface area contributed by atoms with Crippen molar-refractivity contribution in [2.75, 3.05) is 38.3 Å². The minimum atomic E-state index is 0.353. The van der Waals surface area contributed by atoms with Crippen molar-refractivity contribution in [3.05, 3.63) is 34.9 Å². The summed E-state index contributed by atoms with van der Waals surface area (Å²) < 4.78 is 12.0. The minimum absolute atomic E-state index is 0.353. The van der Waals surface area contributed by atoms with E-state index in [1.165, 1.54) is 11.1 Å². The molecule has 1 saturated heterocycles. The fourth-order valence-electron chi connectivity index (χ4n) is 2.94. The molecule has 118 valence electrons. The number of piperidine rings is 1. The van der Waals surface area contributed by atoms with E-state index in [-0.39, 0.29) is 0 Å². The smallest absolute Gasteiger partial charge is 0.0723 e. The topological polar surface area (TPSA) is 34.6 Å². The van der Waals surface area contributed by atoms with Gasteiger partial charge in [-0.15, -0.1) is 0 Å². The van der Waals surface area contributed by atoms with Gasteiger partial charge in [0.2, 0.25) is 0 Å². The summed E-state index contributed by atoms with van der Waals surface area (Å²) in [6.07, 6.45) is 4.36. The van der Waals surface area contributed by atoms with Crippen molar-refractivity contribution in [1.82, 2.24) is 4.98 Å². The number of benzene rings is 1. The van der Waals surface area contributed by atoms with Gasteiger partial charge in [-0.25, -0.2) is 0 Å². The molecule has 3 rings (SSSR count). The van der Waals surface area contributed by atoms with Gasteiger partial charge in [0.1, 0.15) is 0 Å². The molecule has 1 aromatic carbocycles. The van der Waals surface area contributed by atoms with Crippen LogP contribution in [0.3, 0.4) is 0 Å². The monoisotopic (exact) mass is 364 g/mol. The summed E-state index contributed by atoms with van der Waals surface area (Å²) in [5.41, 5.74) is 2.31. The van der Waals surface area contributed by atoms with Gasteiger partial charge in [-0.05, 0) is 37.1 Å². The van der Waals surface area contributed by atoms with E-state index in [1.807, 2.05) is 12.3 Å². The average Bonchev–Trinajstić information content (AvgIpc) is 2.55. The zero-order chi connectivity index (χ0) is 15.4. The summed E-state index contributed by atoms with van der Waals surface area (Å²) in [6.45, 7) is 3.39. The molecule has 1 aliphatic heterocycles. The predicted octanol–water partition coefficient (Wildman–Crippen LogP) is 3.63. The van der Waals surface area contributed by atoms with Crippen LogP contribution in [0.25, 0.3) is 10.9 Å². The Morgan fingerprint density at radius 1 is 1.23 bits per heavy atom. The van der Waals surface area contributed by atoms with Gasteiger partial charge in [-0.2, -0.15) is 0 Å². The van der Waals surface area contributed by atoms with E-state index >= 15 is 0 Å². The van der Waals surface area contributed by atoms with Crippen LogP contribution in [0.5, 0.6) is 0 Å². The van der Waals surface area contributed by atoms with Crippen LogP contribution in [0.2, 0.25) is 0 Å². The number of ether oxygens (including phenoxy) is 2. The minimum Gasteiger partial charge on any atom is -0.382 e. The number of aromatic nitrogens is 1. The Bertz CT molecular complexity index is 627.